The number of ether oxygens (including phenoxy) is 3. The molecule has 0 radical (unpaired) electrons. The number of hydrogen-bond acceptors (Lipinski definition) is 4. The molecule has 0 bridgehead atoms. The van der Waals surface area contributed by atoms with Gasteiger partial charge in [0.25, 0.3) is 0 Å². The van der Waals surface area contributed by atoms with E-state index >= 15 is 0 Å². The molecule has 192 valence electrons. The molecule has 9 heteroatoms. The monoisotopic (exact) mass is 492 g/mol. The molecule has 6 atom stereocenters. The van der Waals surface area contributed by atoms with Crippen LogP contribution in [0.4, 0.5) is 22.0 Å². The lowest BCUT2D eigenvalue weighted by Gasteiger charge is -2.54. The van der Waals surface area contributed by atoms with Crippen LogP contribution < -0.4 is 0 Å². The summed E-state index contributed by atoms with van der Waals surface area (Å²) in [6.07, 6.45) is -1.11. The van der Waals surface area contributed by atoms with Crippen molar-refractivity contribution in [2.45, 2.75) is 107 Å². The molecule has 1 N–H and O–H groups in total. The second kappa shape index (κ2) is 6.37. The SMILES string of the molecule is CC1(C)COC2(CC[C@]34O[C@]3(CC[C@@H]3C4=CC[C@@]4(C)[C@H]3CCC4(O)C(F)(F)C(F)(F)F)C2)OC1. The van der Waals surface area contributed by atoms with Crippen molar-refractivity contribution in [1.29, 1.82) is 0 Å². The van der Waals surface area contributed by atoms with Gasteiger partial charge in [0.05, 0.1) is 13.2 Å². The van der Waals surface area contributed by atoms with Crippen LogP contribution in [0.2, 0.25) is 0 Å². The molecule has 4 aliphatic carbocycles. The van der Waals surface area contributed by atoms with E-state index in [2.05, 4.69) is 13.8 Å². The maximum Gasteiger partial charge on any atom is 0.456 e. The predicted octanol–water partition coefficient (Wildman–Crippen LogP) is 5.53. The van der Waals surface area contributed by atoms with Crippen LogP contribution >= 0.6 is 0 Å². The molecule has 6 rings (SSSR count). The minimum Gasteiger partial charge on any atom is -0.383 e. The molecule has 0 aromatic carbocycles. The van der Waals surface area contributed by atoms with Gasteiger partial charge >= 0.3 is 12.1 Å². The zero-order valence-corrected chi connectivity index (χ0v) is 19.9. The minimum atomic E-state index is -5.80. The van der Waals surface area contributed by atoms with E-state index in [0.717, 1.165) is 5.57 Å². The number of alkyl halides is 5. The average Bonchev–Trinajstić information content (AvgIpc) is 3.35. The second-order valence-corrected chi connectivity index (χ2v) is 12.8. The Morgan fingerprint density at radius 2 is 1.62 bits per heavy atom. The predicted molar refractivity (Wildman–Crippen MR) is 111 cm³/mol. The quantitative estimate of drug-likeness (QED) is 0.297. The van der Waals surface area contributed by atoms with Crippen molar-refractivity contribution in [3.05, 3.63) is 11.6 Å². The van der Waals surface area contributed by atoms with Crippen LogP contribution in [0.15, 0.2) is 11.6 Å². The van der Waals surface area contributed by atoms with Crippen LogP contribution in [0.1, 0.15) is 72.1 Å². The fourth-order valence-electron chi connectivity index (χ4n) is 8.34. The Labute approximate surface area is 196 Å². The Morgan fingerprint density at radius 1 is 0.941 bits per heavy atom. The molecule has 2 saturated heterocycles. The summed E-state index contributed by atoms with van der Waals surface area (Å²) in [5.41, 5.74) is -4.60. The first kappa shape index (κ1) is 23.6. The van der Waals surface area contributed by atoms with Crippen molar-refractivity contribution in [3.63, 3.8) is 0 Å². The third-order valence-corrected chi connectivity index (χ3v) is 10.3. The average molecular weight is 493 g/mol. The van der Waals surface area contributed by atoms with Crippen LogP contribution in [0.25, 0.3) is 0 Å². The molecule has 1 spiro atoms. The van der Waals surface area contributed by atoms with E-state index in [-0.39, 0.29) is 24.2 Å². The van der Waals surface area contributed by atoms with Crippen LogP contribution in [0, 0.1) is 22.7 Å². The number of aliphatic hydroxyl groups is 1. The zero-order chi connectivity index (χ0) is 24.6. The molecule has 2 aliphatic heterocycles. The van der Waals surface area contributed by atoms with E-state index in [4.69, 9.17) is 14.2 Å². The lowest BCUT2D eigenvalue weighted by atomic mass is 9.52. The largest absolute Gasteiger partial charge is 0.456 e. The van der Waals surface area contributed by atoms with Crippen molar-refractivity contribution in [1.82, 2.24) is 0 Å². The van der Waals surface area contributed by atoms with Gasteiger partial charge in [-0.15, -0.1) is 0 Å². The summed E-state index contributed by atoms with van der Waals surface area (Å²) in [7, 11) is 0. The Bertz CT molecular complexity index is 936. The molecule has 34 heavy (non-hydrogen) atoms. The maximum atomic E-state index is 14.6. The maximum absolute atomic E-state index is 14.6. The number of halogens is 5. The highest BCUT2D eigenvalue weighted by Crippen LogP contribution is 2.75. The molecule has 0 aromatic rings. The molecule has 0 amide bonds. The van der Waals surface area contributed by atoms with Gasteiger partial charge in [0.15, 0.2) is 5.79 Å². The molecule has 1 unspecified atom stereocenters. The van der Waals surface area contributed by atoms with Crippen LogP contribution in [0.3, 0.4) is 0 Å². The van der Waals surface area contributed by atoms with Gasteiger partial charge in [-0.2, -0.15) is 22.0 Å². The van der Waals surface area contributed by atoms with Gasteiger partial charge in [-0.05, 0) is 55.9 Å². The van der Waals surface area contributed by atoms with Crippen LogP contribution in [-0.4, -0.2) is 53.0 Å². The molecule has 0 aromatic heterocycles. The number of fused-ring (bicyclic) bond motifs is 3. The Balaban J connectivity index is 1.29. The van der Waals surface area contributed by atoms with Gasteiger partial charge in [-0.1, -0.05) is 26.8 Å². The van der Waals surface area contributed by atoms with Gasteiger partial charge < -0.3 is 19.3 Å². The third-order valence-electron chi connectivity index (χ3n) is 10.3. The fourth-order valence-corrected chi connectivity index (χ4v) is 8.34. The first-order chi connectivity index (χ1) is 15.6. The van der Waals surface area contributed by atoms with Crippen molar-refractivity contribution >= 4 is 0 Å². The smallest absolute Gasteiger partial charge is 0.383 e. The molecule has 2 heterocycles. The van der Waals surface area contributed by atoms with Gasteiger partial charge in [-0.25, -0.2) is 0 Å². The third kappa shape index (κ3) is 2.63. The highest BCUT2D eigenvalue weighted by molar-refractivity contribution is 5.44. The zero-order valence-electron chi connectivity index (χ0n) is 19.9. The van der Waals surface area contributed by atoms with E-state index in [1.165, 1.54) is 6.92 Å². The molecule has 6 aliphatic rings. The molecular formula is C25H33F5O4. The van der Waals surface area contributed by atoms with Crippen molar-refractivity contribution < 1.29 is 41.3 Å². The normalized spacial score (nSPS) is 48.9. The number of epoxide rings is 1. The number of hydrogen-bond donors (Lipinski definition) is 1. The minimum absolute atomic E-state index is 0.0147. The standard InChI is InChI=1S/C25H33F5O4/c1-18(2)13-32-21(33-14-18)10-11-22-17-5-7-19(3)16(15(17)4-8-20(22,12-21)34-22)6-9-23(19,31)24(26,27)25(28,29)30/h5,15-16,31H,4,6-14H2,1-3H3/t15-,16-,19-,20+,22+,23?/m0/s1. The summed E-state index contributed by atoms with van der Waals surface area (Å²) in [6, 6.07) is 0. The summed E-state index contributed by atoms with van der Waals surface area (Å²) in [6.45, 7) is 6.83. The van der Waals surface area contributed by atoms with Crippen molar-refractivity contribution in [2.24, 2.45) is 22.7 Å². The Hall–Kier alpha value is -0.770. The lowest BCUT2D eigenvalue weighted by Crippen LogP contribution is -2.65. The molecular weight excluding hydrogens is 459 g/mol. The molecule has 3 saturated carbocycles. The van der Waals surface area contributed by atoms with E-state index in [1.807, 2.05) is 6.08 Å². The fraction of sp³-hybridized carbons (Fsp3) is 0.920. The second-order valence-electron chi connectivity index (χ2n) is 12.8. The summed E-state index contributed by atoms with van der Waals surface area (Å²) in [4.78, 5) is 0. The highest BCUT2D eigenvalue weighted by atomic mass is 19.4. The van der Waals surface area contributed by atoms with E-state index in [9.17, 15) is 27.1 Å². The van der Waals surface area contributed by atoms with E-state index in [0.29, 0.717) is 45.3 Å². The topological polar surface area (TPSA) is 51.2 Å². The highest BCUT2D eigenvalue weighted by Gasteiger charge is 2.82. The van der Waals surface area contributed by atoms with Crippen LogP contribution in [0.5, 0.6) is 0 Å². The summed E-state index contributed by atoms with van der Waals surface area (Å²) in [5.74, 6) is -6.44. The van der Waals surface area contributed by atoms with Gasteiger partial charge in [0, 0.05) is 23.7 Å². The first-order valence-corrected chi connectivity index (χ1v) is 12.4. The van der Waals surface area contributed by atoms with Gasteiger partial charge in [0.1, 0.15) is 16.8 Å². The molecule has 5 fully saturated rings. The van der Waals surface area contributed by atoms with Gasteiger partial charge in [-0.3, -0.25) is 0 Å². The Morgan fingerprint density at radius 3 is 2.26 bits per heavy atom. The van der Waals surface area contributed by atoms with E-state index in [1.54, 1.807) is 0 Å². The van der Waals surface area contributed by atoms with E-state index < -0.39 is 52.4 Å². The summed E-state index contributed by atoms with van der Waals surface area (Å²) in [5, 5.41) is 10.9. The van der Waals surface area contributed by atoms with Gasteiger partial charge in [0.2, 0.25) is 0 Å². The number of allylic oxidation sites excluding steroid dienone is 1. The Kier molecular flexibility index (Phi) is 4.43. The lowest BCUT2D eigenvalue weighted by molar-refractivity contribution is -0.361. The molecule has 4 nitrogen and oxygen atoms in total. The summed E-state index contributed by atoms with van der Waals surface area (Å²) >= 11 is 0. The van der Waals surface area contributed by atoms with Crippen LogP contribution in [-0.2, 0) is 14.2 Å². The van der Waals surface area contributed by atoms with Crippen molar-refractivity contribution in [3.8, 4) is 0 Å². The van der Waals surface area contributed by atoms with Crippen molar-refractivity contribution in [2.75, 3.05) is 13.2 Å². The first-order valence-electron chi connectivity index (χ1n) is 12.4. The number of rotatable bonds is 1. The summed E-state index contributed by atoms with van der Waals surface area (Å²) < 4.78 is 88.2.